The van der Waals surface area contributed by atoms with Gasteiger partial charge in [0.05, 0.1) is 0 Å². The first-order valence-electron chi connectivity index (χ1n) is 11.2. The third-order valence-corrected chi connectivity index (χ3v) is 5.91. The minimum atomic E-state index is 0.280. The van der Waals surface area contributed by atoms with Crippen LogP contribution in [0.5, 0.6) is 0 Å². The Morgan fingerprint density at radius 2 is 1.82 bits per heavy atom. The van der Waals surface area contributed by atoms with Crippen molar-refractivity contribution in [3.63, 3.8) is 0 Å². The first-order valence-corrected chi connectivity index (χ1v) is 11.2. The molecule has 168 valence electrons. The maximum Gasteiger partial charge on any atom is 0.221 e. The second-order valence-corrected chi connectivity index (χ2v) is 8.79. The van der Waals surface area contributed by atoms with E-state index in [1.54, 1.807) is 0 Å². The zero-order chi connectivity index (χ0) is 22.8. The monoisotopic (exact) mass is 439 g/mol. The lowest BCUT2D eigenvalue weighted by Crippen LogP contribution is -2.11. The maximum absolute atomic E-state index is 5.90. The number of nitrogen functional groups attached to an aromatic ring is 1. The average Bonchev–Trinajstić information content (AvgIpc) is 3.41. The molecule has 0 atom stereocenters. The highest BCUT2D eigenvalue weighted by Gasteiger charge is 2.10. The summed E-state index contributed by atoms with van der Waals surface area (Å²) >= 11 is 0. The van der Waals surface area contributed by atoms with Gasteiger partial charge in [-0.05, 0) is 72.9 Å². The molecular formula is C26H29N7. The van der Waals surface area contributed by atoms with Crippen LogP contribution in [0.2, 0.25) is 0 Å². The molecule has 0 aliphatic heterocycles. The lowest BCUT2D eigenvalue weighted by Gasteiger charge is -2.12. The normalized spacial score (nSPS) is 11.6. The van der Waals surface area contributed by atoms with Crippen LogP contribution in [-0.2, 0) is 19.4 Å². The number of aromatic amines is 2. The summed E-state index contributed by atoms with van der Waals surface area (Å²) in [6.45, 7) is 1.68. The summed E-state index contributed by atoms with van der Waals surface area (Å²) < 4.78 is 0. The van der Waals surface area contributed by atoms with Crippen molar-refractivity contribution in [1.29, 1.82) is 0 Å². The molecule has 0 radical (unpaired) electrons. The molecule has 3 aromatic heterocycles. The van der Waals surface area contributed by atoms with Gasteiger partial charge in [0, 0.05) is 60.1 Å². The third-order valence-electron chi connectivity index (χ3n) is 5.91. The number of rotatable bonds is 8. The van der Waals surface area contributed by atoms with Gasteiger partial charge in [0.25, 0.3) is 0 Å². The predicted octanol–water partition coefficient (Wildman–Crippen LogP) is 4.33. The fraction of sp³-hybridized carbons (Fsp3) is 0.231. The number of anilines is 2. The van der Waals surface area contributed by atoms with E-state index >= 15 is 0 Å². The highest BCUT2D eigenvalue weighted by Crippen LogP contribution is 2.23. The molecule has 5 N–H and O–H groups in total. The van der Waals surface area contributed by atoms with Gasteiger partial charge < -0.3 is 25.9 Å². The summed E-state index contributed by atoms with van der Waals surface area (Å²) in [6.07, 6.45) is 7.51. The van der Waals surface area contributed by atoms with Crippen LogP contribution in [0, 0.1) is 0 Å². The molecule has 2 aromatic carbocycles. The average molecular weight is 440 g/mol. The Kier molecular flexibility index (Phi) is 5.71. The number of aromatic nitrogens is 4. The molecule has 7 nitrogen and oxygen atoms in total. The molecule has 0 aliphatic rings. The van der Waals surface area contributed by atoms with Gasteiger partial charge in [0.1, 0.15) is 5.82 Å². The Balaban J connectivity index is 1.31. The first-order chi connectivity index (χ1) is 16.0. The van der Waals surface area contributed by atoms with Crippen LogP contribution in [0.4, 0.5) is 11.8 Å². The van der Waals surface area contributed by atoms with Gasteiger partial charge in [-0.3, -0.25) is 0 Å². The van der Waals surface area contributed by atoms with Crippen molar-refractivity contribution >= 4 is 33.6 Å². The summed E-state index contributed by atoms with van der Waals surface area (Å²) in [5.41, 5.74) is 13.1. The topological polar surface area (TPSA) is 98.7 Å². The number of hydrogen-bond acceptors (Lipinski definition) is 5. The second kappa shape index (κ2) is 8.96. The van der Waals surface area contributed by atoms with Gasteiger partial charge in [-0.25, -0.2) is 4.98 Å². The van der Waals surface area contributed by atoms with Crippen LogP contribution >= 0.6 is 0 Å². The third kappa shape index (κ3) is 4.68. The van der Waals surface area contributed by atoms with Gasteiger partial charge in [-0.2, -0.15) is 4.98 Å². The summed E-state index contributed by atoms with van der Waals surface area (Å²) in [7, 11) is 4.18. The minimum absolute atomic E-state index is 0.280. The molecule has 0 saturated carbocycles. The fourth-order valence-electron chi connectivity index (χ4n) is 4.35. The van der Waals surface area contributed by atoms with Crippen molar-refractivity contribution in [3.05, 3.63) is 83.3 Å². The molecule has 0 unspecified atom stereocenters. The van der Waals surface area contributed by atoms with Gasteiger partial charge in [-0.15, -0.1) is 0 Å². The number of nitrogens with zero attached hydrogens (tertiary/aromatic N) is 3. The SMILES string of the molecule is CN(C)Cc1ccc2[nH]cc(CCNc3nc(N)ncc3Cc3ccc4[nH]ccc4c3)c2c1. The zero-order valence-electron chi connectivity index (χ0n) is 19.0. The van der Waals surface area contributed by atoms with Crippen LogP contribution in [0.15, 0.2) is 61.1 Å². The summed E-state index contributed by atoms with van der Waals surface area (Å²) in [6, 6.07) is 15.2. The van der Waals surface area contributed by atoms with Gasteiger partial charge in [0.15, 0.2) is 0 Å². The van der Waals surface area contributed by atoms with Crippen molar-refractivity contribution in [2.45, 2.75) is 19.4 Å². The van der Waals surface area contributed by atoms with Crippen molar-refractivity contribution in [2.75, 3.05) is 31.7 Å². The van der Waals surface area contributed by atoms with E-state index in [0.29, 0.717) is 0 Å². The smallest absolute Gasteiger partial charge is 0.221 e. The van der Waals surface area contributed by atoms with Crippen LogP contribution in [0.25, 0.3) is 21.8 Å². The molecule has 0 saturated heterocycles. The second-order valence-electron chi connectivity index (χ2n) is 8.79. The van der Waals surface area contributed by atoms with Crippen molar-refractivity contribution in [1.82, 2.24) is 24.8 Å². The van der Waals surface area contributed by atoms with Crippen LogP contribution in [0.1, 0.15) is 22.3 Å². The fourth-order valence-corrected chi connectivity index (χ4v) is 4.35. The van der Waals surface area contributed by atoms with Crippen molar-refractivity contribution in [2.24, 2.45) is 0 Å². The number of nitrogens with one attached hydrogen (secondary N) is 3. The van der Waals surface area contributed by atoms with E-state index in [1.807, 2.05) is 12.4 Å². The van der Waals surface area contributed by atoms with E-state index in [1.165, 1.54) is 33.0 Å². The quantitative estimate of drug-likeness (QED) is 0.288. The zero-order valence-corrected chi connectivity index (χ0v) is 19.0. The largest absolute Gasteiger partial charge is 0.369 e. The molecule has 0 aliphatic carbocycles. The molecule has 0 spiro atoms. The number of hydrogen-bond donors (Lipinski definition) is 4. The first kappa shape index (κ1) is 21.0. The van der Waals surface area contributed by atoms with Crippen molar-refractivity contribution < 1.29 is 0 Å². The number of benzene rings is 2. The number of H-pyrrole nitrogens is 2. The Labute approximate surface area is 193 Å². The summed E-state index contributed by atoms with van der Waals surface area (Å²) in [4.78, 5) is 17.5. The molecule has 33 heavy (non-hydrogen) atoms. The van der Waals surface area contributed by atoms with E-state index in [2.05, 4.69) is 92.9 Å². The molecule has 0 bridgehead atoms. The maximum atomic E-state index is 5.90. The van der Waals surface area contributed by atoms with E-state index in [0.717, 1.165) is 42.8 Å². The minimum Gasteiger partial charge on any atom is -0.369 e. The summed E-state index contributed by atoms with van der Waals surface area (Å²) in [5, 5.41) is 5.97. The Morgan fingerprint density at radius 1 is 0.970 bits per heavy atom. The Hall–Kier alpha value is -3.84. The van der Waals surface area contributed by atoms with E-state index < -0.39 is 0 Å². The lowest BCUT2D eigenvalue weighted by molar-refractivity contribution is 0.403. The highest BCUT2D eigenvalue weighted by atomic mass is 15.1. The number of nitrogens with two attached hydrogens (primary N) is 1. The molecule has 0 amide bonds. The van der Waals surface area contributed by atoms with Gasteiger partial charge >= 0.3 is 0 Å². The molecular weight excluding hydrogens is 410 g/mol. The van der Waals surface area contributed by atoms with Gasteiger partial charge in [-0.1, -0.05) is 12.1 Å². The predicted molar refractivity (Wildman–Crippen MR) is 135 cm³/mol. The summed E-state index contributed by atoms with van der Waals surface area (Å²) in [5.74, 6) is 1.08. The van der Waals surface area contributed by atoms with Crippen LogP contribution < -0.4 is 11.1 Å². The van der Waals surface area contributed by atoms with Crippen LogP contribution in [0.3, 0.4) is 0 Å². The Morgan fingerprint density at radius 3 is 2.70 bits per heavy atom. The van der Waals surface area contributed by atoms with E-state index in [9.17, 15) is 0 Å². The highest BCUT2D eigenvalue weighted by molar-refractivity contribution is 5.84. The van der Waals surface area contributed by atoms with E-state index in [4.69, 9.17) is 5.73 Å². The standard InChI is InChI=1S/C26H29N7/c1-33(2)16-18-4-6-24-22(13-18)20(14-30-24)8-10-29-25-21(15-31-26(27)32-25)12-17-3-5-23-19(11-17)7-9-28-23/h3-7,9,11,13-15,28,30H,8,10,12,16H2,1-2H3,(H3,27,29,31,32). The molecule has 5 rings (SSSR count). The molecule has 3 heterocycles. The van der Waals surface area contributed by atoms with Gasteiger partial charge in [0.2, 0.25) is 5.95 Å². The van der Waals surface area contributed by atoms with Crippen molar-refractivity contribution in [3.8, 4) is 0 Å². The van der Waals surface area contributed by atoms with Crippen LogP contribution in [-0.4, -0.2) is 45.5 Å². The number of fused-ring (bicyclic) bond motifs is 2. The molecule has 0 fully saturated rings. The van der Waals surface area contributed by atoms with E-state index in [-0.39, 0.29) is 5.95 Å². The Bertz CT molecular complexity index is 1400. The molecule has 7 heteroatoms. The lowest BCUT2D eigenvalue weighted by atomic mass is 10.0. The molecule has 5 aromatic rings.